The first-order valence-corrected chi connectivity index (χ1v) is 4.16. The van der Waals surface area contributed by atoms with Crippen LogP contribution in [0.15, 0.2) is 0 Å². The van der Waals surface area contributed by atoms with Gasteiger partial charge in [-0.1, -0.05) is 13.3 Å². The summed E-state index contributed by atoms with van der Waals surface area (Å²) in [6.45, 7) is 6.29. The molecule has 3 nitrogen and oxygen atoms in total. The lowest BCUT2D eigenvalue weighted by atomic mass is 10.1. The zero-order chi connectivity index (χ0) is 6.53. The Morgan fingerprint density at radius 1 is 1.09 bits per heavy atom. The standard InChI is InChI=1S/C8H17N.H3N.H2O/c1-2-6-9-7-4-3-5-8-9;;/h2-8H2,1H3;1H3;1H2. The number of likely N-dealkylation sites (tertiary alicyclic amines) is 1. The second kappa shape index (κ2) is 7.98. The van der Waals surface area contributed by atoms with Crippen molar-refractivity contribution in [1.82, 2.24) is 11.1 Å². The van der Waals surface area contributed by atoms with Crippen molar-refractivity contribution in [3.63, 3.8) is 0 Å². The van der Waals surface area contributed by atoms with Crippen molar-refractivity contribution >= 4 is 0 Å². The van der Waals surface area contributed by atoms with Crippen molar-refractivity contribution in [2.24, 2.45) is 0 Å². The molecule has 0 atom stereocenters. The van der Waals surface area contributed by atoms with E-state index < -0.39 is 0 Å². The summed E-state index contributed by atoms with van der Waals surface area (Å²) >= 11 is 0. The van der Waals surface area contributed by atoms with Gasteiger partial charge in [0, 0.05) is 0 Å². The Hall–Kier alpha value is -0.120. The second-order valence-electron chi connectivity index (χ2n) is 2.90. The van der Waals surface area contributed by atoms with Crippen LogP contribution in [0.25, 0.3) is 0 Å². The van der Waals surface area contributed by atoms with Crippen molar-refractivity contribution in [1.29, 1.82) is 0 Å². The first-order chi connectivity index (χ1) is 4.43. The Bertz CT molecular complexity index is 69.7. The van der Waals surface area contributed by atoms with Crippen LogP contribution in [-0.4, -0.2) is 30.0 Å². The molecule has 0 radical (unpaired) electrons. The molecule has 0 unspecified atom stereocenters. The molecule has 1 heterocycles. The van der Waals surface area contributed by atoms with Gasteiger partial charge in [0.05, 0.1) is 0 Å². The minimum Gasteiger partial charge on any atom is -0.412 e. The molecule has 0 aliphatic carbocycles. The fourth-order valence-electron chi connectivity index (χ4n) is 1.50. The third-order valence-corrected chi connectivity index (χ3v) is 1.99. The molecule has 70 valence electrons. The Morgan fingerprint density at radius 2 is 1.64 bits per heavy atom. The zero-order valence-corrected chi connectivity index (χ0v) is 7.60. The Kier molecular flexibility index (Phi) is 9.77. The smallest absolute Gasteiger partial charge is 0.00187 e. The Labute approximate surface area is 69.7 Å². The Balaban J connectivity index is 0. The molecule has 0 spiro atoms. The molecule has 1 aliphatic rings. The molecule has 1 saturated heterocycles. The van der Waals surface area contributed by atoms with Crippen molar-refractivity contribution in [2.75, 3.05) is 19.6 Å². The van der Waals surface area contributed by atoms with Gasteiger partial charge in [-0.05, 0) is 38.9 Å². The summed E-state index contributed by atoms with van der Waals surface area (Å²) < 4.78 is 0. The third-order valence-electron chi connectivity index (χ3n) is 1.99. The van der Waals surface area contributed by atoms with Crippen molar-refractivity contribution in [2.45, 2.75) is 32.6 Å². The summed E-state index contributed by atoms with van der Waals surface area (Å²) in [5, 5.41) is 0. The van der Waals surface area contributed by atoms with E-state index in [1.807, 2.05) is 0 Å². The molecule has 5 N–H and O–H groups in total. The van der Waals surface area contributed by atoms with Crippen LogP contribution in [0.2, 0.25) is 0 Å². The molecule has 0 aromatic carbocycles. The highest BCUT2D eigenvalue weighted by Gasteiger charge is 2.07. The molecule has 3 heteroatoms. The summed E-state index contributed by atoms with van der Waals surface area (Å²) in [5.74, 6) is 0. The predicted molar refractivity (Wildman–Crippen MR) is 49.2 cm³/mol. The first kappa shape index (κ1) is 13.5. The van der Waals surface area contributed by atoms with Crippen molar-refractivity contribution in [3.05, 3.63) is 0 Å². The van der Waals surface area contributed by atoms with E-state index in [1.54, 1.807) is 0 Å². The summed E-state index contributed by atoms with van der Waals surface area (Å²) in [6, 6.07) is 0. The molecule has 0 aromatic rings. The van der Waals surface area contributed by atoms with Gasteiger partial charge in [0.15, 0.2) is 0 Å². The SMILES string of the molecule is CCCN1CCCCC1.N.O. The highest BCUT2D eigenvalue weighted by molar-refractivity contribution is 4.62. The molecule has 1 rings (SSSR count). The van der Waals surface area contributed by atoms with E-state index in [0.29, 0.717) is 0 Å². The average molecular weight is 162 g/mol. The molecular formula is C8H22N2O. The van der Waals surface area contributed by atoms with Gasteiger partial charge in [-0.25, -0.2) is 0 Å². The number of hydrogen-bond acceptors (Lipinski definition) is 2. The quantitative estimate of drug-likeness (QED) is 0.663. The van der Waals surface area contributed by atoms with Gasteiger partial charge in [-0.2, -0.15) is 0 Å². The van der Waals surface area contributed by atoms with Crippen LogP contribution in [-0.2, 0) is 0 Å². The lowest BCUT2D eigenvalue weighted by molar-refractivity contribution is 0.229. The zero-order valence-electron chi connectivity index (χ0n) is 7.60. The minimum absolute atomic E-state index is 0. The van der Waals surface area contributed by atoms with Crippen LogP contribution in [0.4, 0.5) is 0 Å². The summed E-state index contributed by atoms with van der Waals surface area (Å²) in [7, 11) is 0. The minimum atomic E-state index is 0. The van der Waals surface area contributed by atoms with E-state index in [4.69, 9.17) is 0 Å². The maximum Gasteiger partial charge on any atom is -0.00187 e. The molecule has 0 amide bonds. The number of hydrogen-bond donors (Lipinski definition) is 1. The first-order valence-electron chi connectivity index (χ1n) is 4.16. The largest absolute Gasteiger partial charge is 0.412 e. The van der Waals surface area contributed by atoms with Crippen LogP contribution in [0.3, 0.4) is 0 Å². The van der Waals surface area contributed by atoms with E-state index >= 15 is 0 Å². The third kappa shape index (κ3) is 5.18. The molecule has 1 fully saturated rings. The van der Waals surface area contributed by atoms with E-state index in [1.165, 1.54) is 45.3 Å². The second-order valence-corrected chi connectivity index (χ2v) is 2.90. The lowest BCUT2D eigenvalue weighted by Gasteiger charge is -2.25. The fraction of sp³-hybridized carbons (Fsp3) is 1.00. The van der Waals surface area contributed by atoms with E-state index in [2.05, 4.69) is 11.8 Å². The maximum atomic E-state index is 2.57. The van der Waals surface area contributed by atoms with Gasteiger partial charge >= 0.3 is 0 Å². The van der Waals surface area contributed by atoms with Gasteiger partial charge in [-0.3, -0.25) is 0 Å². The summed E-state index contributed by atoms with van der Waals surface area (Å²) in [5.41, 5.74) is 0. The molecule has 11 heavy (non-hydrogen) atoms. The van der Waals surface area contributed by atoms with Crippen LogP contribution in [0.5, 0.6) is 0 Å². The highest BCUT2D eigenvalue weighted by atomic mass is 16.0. The number of nitrogens with zero attached hydrogens (tertiary/aromatic N) is 1. The van der Waals surface area contributed by atoms with Gasteiger partial charge in [-0.15, -0.1) is 0 Å². The molecule has 1 aliphatic heterocycles. The monoisotopic (exact) mass is 162 g/mol. The van der Waals surface area contributed by atoms with Gasteiger partial charge < -0.3 is 16.5 Å². The number of rotatable bonds is 2. The van der Waals surface area contributed by atoms with Crippen LogP contribution >= 0.6 is 0 Å². The van der Waals surface area contributed by atoms with E-state index in [9.17, 15) is 0 Å². The van der Waals surface area contributed by atoms with Crippen LogP contribution in [0.1, 0.15) is 32.6 Å². The van der Waals surface area contributed by atoms with Gasteiger partial charge in [0.1, 0.15) is 0 Å². The normalized spacial score (nSPS) is 18.3. The van der Waals surface area contributed by atoms with E-state index in [0.717, 1.165) is 0 Å². The molecule has 0 saturated carbocycles. The molecule has 0 bridgehead atoms. The van der Waals surface area contributed by atoms with E-state index in [-0.39, 0.29) is 11.6 Å². The van der Waals surface area contributed by atoms with Gasteiger partial charge in [0.25, 0.3) is 0 Å². The Morgan fingerprint density at radius 3 is 2.09 bits per heavy atom. The lowest BCUT2D eigenvalue weighted by Crippen LogP contribution is -2.30. The van der Waals surface area contributed by atoms with Crippen molar-refractivity contribution < 1.29 is 5.48 Å². The predicted octanol–water partition coefficient (Wildman–Crippen LogP) is 1.22. The topological polar surface area (TPSA) is 69.7 Å². The van der Waals surface area contributed by atoms with Gasteiger partial charge in [0.2, 0.25) is 0 Å². The summed E-state index contributed by atoms with van der Waals surface area (Å²) in [4.78, 5) is 2.57. The molecular weight excluding hydrogens is 140 g/mol. The highest BCUT2D eigenvalue weighted by Crippen LogP contribution is 2.07. The molecule has 0 aromatic heterocycles. The average Bonchev–Trinajstić information content (AvgIpc) is 1.91. The van der Waals surface area contributed by atoms with Crippen LogP contribution in [0, 0.1) is 0 Å². The number of piperidine rings is 1. The maximum absolute atomic E-state index is 2.57. The van der Waals surface area contributed by atoms with Crippen molar-refractivity contribution in [3.8, 4) is 0 Å². The fourth-order valence-corrected chi connectivity index (χ4v) is 1.50. The summed E-state index contributed by atoms with van der Waals surface area (Å²) in [6.07, 6.45) is 5.64. The van der Waals surface area contributed by atoms with Crippen LogP contribution < -0.4 is 6.15 Å².